The molecule has 0 unspecified atom stereocenters. The standard InChI is InChI=1S/C13H12N4O3/c1-20-9-4-2-3-8(5-9)7-17-11-10(6-14-17)12(18)16-13(19)15-11/h2-6H,7H2,1H3,(H2,15,16,18,19). The summed E-state index contributed by atoms with van der Waals surface area (Å²) in [5.41, 5.74) is 0.368. The Morgan fingerprint density at radius 1 is 1.30 bits per heavy atom. The highest BCUT2D eigenvalue weighted by Gasteiger charge is 2.08. The van der Waals surface area contributed by atoms with Crippen LogP contribution in [0.4, 0.5) is 0 Å². The van der Waals surface area contributed by atoms with E-state index in [1.165, 1.54) is 6.20 Å². The van der Waals surface area contributed by atoms with Crippen LogP contribution in [0.5, 0.6) is 5.75 Å². The number of nitrogens with zero attached hydrogens (tertiary/aromatic N) is 2. The molecule has 2 N–H and O–H groups in total. The Morgan fingerprint density at radius 3 is 2.95 bits per heavy atom. The summed E-state index contributed by atoms with van der Waals surface area (Å²) >= 11 is 0. The number of rotatable bonds is 3. The molecule has 20 heavy (non-hydrogen) atoms. The van der Waals surface area contributed by atoms with Crippen LogP contribution in [0.15, 0.2) is 40.1 Å². The molecule has 0 fully saturated rings. The first-order valence-corrected chi connectivity index (χ1v) is 5.98. The van der Waals surface area contributed by atoms with Crippen molar-refractivity contribution in [3.8, 4) is 5.75 Å². The van der Waals surface area contributed by atoms with Gasteiger partial charge in [0.2, 0.25) is 0 Å². The fraction of sp³-hybridized carbons (Fsp3) is 0.154. The van der Waals surface area contributed by atoms with Gasteiger partial charge in [-0.05, 0) is 17.7 Å². The average molecular weight is 272 g/mol. The number of hydrogen-bond donors (Lipinski definition) is 2. The number of benzene rings is 1. The van der Waals surface area contributed by atoms with Gasteiger partial charge in [-0.25, -0.2) is 9.48 Å². The lowest BCUT2D eigenvalue weighted by Gasteiger charge is -2.05. The topological polar surface area (TPSA) is 92.8 Å². The minimum Gasteiger partial charge on any atom is -0.497 e. The number of fused-ring (bicyclic) bond motifs is 1. The number of aromatic nitrogens is 4. The van der Waals surface area contributed by atoms with Crippen molar-refractivity contribution >= 4 is 11.0 Å². The second-order valence-electron chi connectivity index (χ2n) is 4.32. The molecule has 102 valence electrons. The third-order valence-electron chi connectivity index (χ3n) is 3.01. The number of methoxy groups -OCH3 is 1. The molecular weight excluding hydrogens is 260 g/mol. The van der Waals surface area contributed by atoms with Crippen molar-refractivity contribution in [3.63, 3.8) is 0 Å². The first-order valence-electron chi connectivity index (χ1n) is 5.98. The van der Waals surface area contributed by atoms with Crippen LogP contribution in [-0.4, -0.2) is 26.9 Å². The lowest BCUT2D eigenvalue weighted by atomic mass is 10.2. The lowest BCUT2D eigenvalue weighted by molar-refractivity contribution is 0.414. The summed E-state index contributed by atoms with van der Waals surface area (Å²) in [6.45, 7) is 0.431. The van der Waals surface area contributed by atoms with Crippen molar-refractivity contribution in [1.82, 2.24) is 19.7 Å². The van der Waals surface area contributed by atoms with E-state index in [1.54, 1.807) is 11.8 Å². The summed E-state index contributed by atoms with van der Waals surface area (Å²) in [5, 5.41) is 4.49. The molecule has 0 atom stereocenters. The number of nitrogens with one attached hydrogen (secondary N) is 2. The van der Waals surface area contributed by atoms with E-state index < -0.39 is 11.2 Å². The zero-order valence-electron chi connectivity index (χ0n) is 10.7. The van der Waals surface area contributed by atoms with E-state index >= 15 is 0 Å². The van der Waals surface area contributed by atoms with E-state index in [4.69, 9.17) is 4.74 Å². The predicted octanol–water partition coefficient (Wildman–Crippen LogP) is 0.470. The number of aromatic amines is 2. The van der Waals surface area contributed by atoms with E-state index in [0.29, 0.717) is 17.6 Å². The van der Waals surface area contributed by atoms with Crippen LogP contribution in [0.1, 0.15) is 5.56 Å². The van der Waals surface area contributed by atoms with Gasteiger partial charge in [-0.3, -0.25) is 14.8 Å². The van der Waals surface area contributed by atoms with Crippen LogP contribution in [0, 0.1) is 0 Å². The van der Waals surface area contributed by atoms with E-state index in [-0.39, 0.29) is 0 Å². The molecule has 0 spiro atoms. The normalized spacial score (nSPS) is 10.8. The van der Waals surface area contributed by atoms with Gasteiger partial charge in [0, 0.05) is 0 Å². The SMILES string of the molecule is COc1cccc(Cn2ncc3c(=O)[nH]c(=O)[nH]c32)c1. The molecule has 0 amide bonds. The maximum absolute atomic E-state index is 11.6. The van der Waals surface area contributed by atoms with E-state index in [9.17, 15) is 9.59 Å². The molecule has 0 bridgehead atoms. The molecular formula is C13H12N4O3. The number of ether oxygens (including phenoxy) is 1. The van der Waals surface area contributed by atoms with Crippen LogP contribution < -0.4 is 16.0 Å². The second kappa shape index (κ2) is 4.69. The zero-order valence-corrected chi connectivity index (χ0v) is 10.7. The fourth-order valence-corrected chi connectivity index (χ4v) is 2.06. The van der Waals surface area contributed by atoms with Crippen molar-refractivity contribution in [2.75, 3.05) is 7.11 Å². The molecule has 2 aromatic heterocycles. The van der Waals surface area contributed by atoms with Crippen molar-refractivity contribution in [2.24, 2.45) is 0 Å². The minimum atomic E-state index is -0.546. The van der Waals surface area contributed by atoms with Crippen molar-refractivity contribution in [3.05, 3.63) is 56.9 Å². The average Bonchev–Trinajstić information content (AvgIpc) is 2.82. The monoisotopic (exact) mass is 272 g/mol. The molecule has 2 heterocycles. The van der Waals surface area contributed by atoms with Gasteiger partial charge in [0.1, 0.15) is 16.8 Å². The molecule has 7 nitrogen and oxygen atoms in total. The highest BCUT2D eigenvalue weighted by molar-refractivity contribution is 5.72. The lowest BCUT2D eigenvalue weighted by Crippen LogP contribution is -2.22. The molecule has 0 radical (unpaired) electrons. The van der Waals surface area contributed by atoms with Gasteiger partial charge in [-0.2, -0.15) is 5.10 Å². The molecule has 0 saturated heterocycles. The molecule has 7 heteroatoms. The molecule has 3 aromatic rings. The molecule has 0 aliphatic rings. The Morgan fingerprint density at radius 2 is 2.15 bits per heavy atom. The van der Waals surface area contributed by atoms with Crippen molar-refractivity contribution in [2.45, 2.75) is 6.54 Å². The Hall–Kier alpha value is -2.83. The smallest absolute Gasteiger partial charge is 0.327 e. The predicted molar refractivity (Wildman–Crippen MR) is 73.1 cm³/mol. The molecule has 1 aromatic carbocycles. The Labute approximate surface area is 112 Å². The highest BCUT2D eigenvalue weighted by atomic mass is 16.5. The summed E-state index contributed by atoms with van der Waals surface area (Å²) in [5.74, 6) is 0.741. The van der Waals surface area contributed by atoms with Gasteiger partial charge in [0.25, 0.3) is 5.56 Å². The summed E-state index contributed by atoms with van der Waals surface area (Å²) in [7, 11) is 1.60. The Kier molecular flexibility index (Phi) is 2.86. The summed E-state index contributed by atoms with van der Waals surface area (Å²) in [4.78, 5) is 27.7. The summed E-state index contributed by atoms with van der Waals surface area (Å²) < 4.78 is 6.73. The van der Waals surface area contributed by atoms with E-state index in [0.717, 1.165) is 11.3 Å². The molecule has 3 rings (SSSR count). The third kappa shape index (κ3) is 2.09. The Bertz CT molecular complexity index is 875. The zero-order chi connectivity index (χ0) is 14.1. The van der Waals surface area contributed by atoms with Crippen LogP contribution >= 0.6 is 0 Å². The van der Waals surface area contributed by atoms with Gasteiger partial charge < -0.3 is 4.74 Å². The van der Waals surface area contributed by atoms with Gasteiger partial charge in [0.15, 0.2) is 0 Å². The Balaban J connectivity index is 2.07. The van der Waals surface area contributed by atoms with Gasteiger partial charge in [-0.15, -0.1) is 0 Å². The van der Waals surface area contributed by atoms with Gasteiger partial charge >= 0.3 is 5.69 Å². The maximum atomic E-state index is 11.6. The number of hydrogen-bond acceptors (Lipinski definition) is 4. The van der Waals surface area contributed by atoms with Crippen molar-refractivity contribution < 1.29 is 4.74 Å². The first kappa shape index (κ1) is 12.2. The quantitative estimate of drug-likeness (QED) is 0.724. The van der Waals surface area contributed by atoms with Crippen molar-refractivity contribution in [1.29, 1.82) is 0 Å². The van der Waals surface area contributed by atoms with Crippen LogP contribution in [0.25, 0.3) is 11.0 Å². The molecule has 0 aliphatic carbocycles. The minimum absolute atomic E-state index is 0.354. The van der Waals surface area contributed by atoms with E-state index in [1.807, 2.05) is 24.3 Å². The van der Waals surface area contributed by atoms with Crippen LogP contribution in [-0.2, 0) is 6.54 Å². The molecule has 0 saturated carbocycles. The first-order chi connectivity index (χ1) is 9.67. The third-order valence-corrected chi connectivity index (χ3v) is 3.01. The van der Waals surface area contributed by atoms with E-state index in [2.05, 4.69) is 15.1 Å². The largest absolute Gasteiger partial charge is 0.497 e. The van der Waals surface area contributed by atoms with Gasteiger partial charge in [-0.1, -0.05) is 12.1 Å². The van der Waals surface area contributed by atoms with Gasteiger partial charge in [0.05, 0.1) is 19.9 Å². The molecule has 0 aliphatic heterocycles. The summed E-state index contributed by atoms with van der Waals surface area (Å²) in [6.07, 6.45) is 1.43. The fourth-order valence-electron chi connectivity index (χ4n) is 2.06. The van der Waals surface area contributed by atoms with Crippen LogP contribution in [0.3, 0.4) is 0 Å². The summed E-state index contributed by atoms with van der Waals surface area (Å²) in [6, 6.07) is 7.51. The maximum Gasteiger partial charge on any atom is 0.327 e. The highest BCUT2D eigenvalue weighted by Crippen LogP contribution is 2.14. The number of H-pyrrole nitrogens is 2. The second-order valence-corrected chi connectivity index (χ2v) is 4.32. The van der Waals surface area contributed by atoms with Crippen LogP contribution in [0.2, 0.25) is 0 Å².